The van der Waals surface area contributed by atoms with Crippen molar-refractivity contribution in [2.75, 3.05) is 26.2 Å². The molecule has 1 fully saturated rings. The number of hydrogen-bond acceptors (Lipinski definition) is 3. The SMILES string of the molecule is CC(=O)NCC1CCN(CC(C(=O)O)C(F)(F)F)CC1. The van der Waals surface area contributed by atoms with E-state index in [1.54, 1.807) is 0 Å². The number of nitrogens with one attached hydrogen (secondary N) is 1. The van der Waals surface area contributed by atoms with Crippen molar-refractivity contribution in [1.82, 2.24) is 10.2 Å². The Kier molecular flexibility index (Phi) is 5.79. The van der Waals surface area contributed by atoms with Gasteiger partial charge in [0.25, 0.3) is 0 Å². The fourth-order valence-corrected chi connectivity index (χ4v) is 2.24. The maximum Gasteiger partial charge on any atom is 0.403 e. The topological polar surface area (TPSA) is 69.6 Å². The van der Waals surface area contributed by atoms with Crippen LogP contribution < -0.4 is 5.32 Å². The fourth-order valence-electron chi connectivity index (χ4n) is 2.24. The number of amides is 1. The van der Waals surface area contributed by atoms with E-state index in [1.807, 2.05) is 0 Å². The average Bonchev–Trinajstić information content (AvgIpc) is 2.33. The fraction of sp³-hybridized carbons (Fsp3) is 0.833. The van der Waals surface area contributed by atoms with Gasteiger partial charge in [-0.15, -0.1) is 0 Å². The second-order valence-corrected chi connectivity index (χ2v) is 5.11. The molecule has 2 N–H and O–H groups in total. The Morgan fingerprint density at radius 1 is 1.35 bits per heavy atom. The number of carbonyl (C=O) groups excluding carboxylic acids is 1. The molecule has 5 nitrogen and oxygen atoms in total. The monoisotopic (exact) mass is 296 g/mol. The summed E-state index contributed by atoms with van der Waals surface area (Å²) in [7, 11) is 0. The number of likely N-dealkylation sites (tertiary alicyclic amines) is 1. The van der Waals surface area contributed by atoms with E-state index in [2.05, 4.69) is 5.32 Å². The average molecular weight is 296 g/mol. The van der Waals surface area contributed by atoms with Crippen LogP contribution in [0.5, 0.6) is 0 Å². The predicted molar refractivity (Wildman–Crippen MR) is 65.0 cm³/mol. The van der Waals surface area contributed by atoms with E-state index < -0.39 is 24.6 Å². The summed E-state index contributed by atoms with van der Waals surface area (Å²) in [6.45, 7) is 2.26. The van der Waals surface area contributed by atoms with E-state index in [1.165, 1.54) is 11.8 Å². The van der Waals surface area contributed by atoms with Crippen molar-refractivity contribution in [3.63, 3.8) is 0 Å². The molecule has 8 heteroatoms. The van der Waals surface area contributed by atoms with Crippen LogP contribution in [0.25, 0.3) is 0 Å². The first-order valence-electron chi connectivity index (χ1n) is 6.46. The molecule has 1 rings (SSSR count). The molecule has 1 atom stereocenters. The zero-order valence-corrected chi connectivity index (χ0v) is 11.2. The smallest absolute Gasteiger partial charge is 0.403 e. The molecular weight excluding hydrogens is 277 g/mol. The normalized spacial score (nSPS) is 19.6. The Morgan fingerprint density at radius 3 is 2.30 bits per heavy atom. The predicted octanol–water partition coefficient (Wildman–Crippen LogP) is 1.10. The molecule has 1 aliphatic rings. The van der Waals surface area contributed by atoms with Gasteiger partial charge in [0.05, 0.1) is 0 Å². The number of carboxylic acids is 1. The Labute approximate surface area is 115 Å². The van der Waals surface area contributed by atoms with Gasteiger partial charge in [-0.3, -0.25) is 9.59 Å². The summed E-state index contributed by atoms with van der Waals surface area (Å²) in [4.78, 5) is 23.0. The van der Waals surface area contributed by atoms with Crippen LogP contribution >= 0.6 is 0 Å². The molecule has 1 unspecified atom stereocenters. The van der Waals surface area contributed by atoms with Gasteiger partial charge in [0, 0.05) is 20.0 Å². The Hall–Kier alpha value is -1.31. The summed E-state index contributed by atoms with van der Waals surface area (Å²) >= 11 is 0. The van der Waals surface area contributed by atoms with Gasteiger partial charge in [-0.1, -0.05) is 0 Å². The lowest BCUT2D eigenvalue weighted by Crippen LogP contribution is -2.45. The highest BCUT2D eigenvalue weighted by Gasteiger charge is 2.46. The first-order chi connectivity index (χ1) is 9.20. The van der Waals surface area contributed by atoms with Crippen LogP contribution in [-0.4, -0.2) is 54.2 Å². The highest BCUT2D eigenvalue weighted by atomic mass is 19.4. The lowest BCUT2D eigenvalue weighted by atomic mass is 9.95. The summed E-state index contributed by atoms with van der Waals surface area (Å²) in [6.07, 6.45) is -3.41. The van der Waals surface area contributed by atoms with Gasteiger partial charge < -0.3 is 15.3 Å². The van der Waals surface area contributed by atoms with Crippen LogP contribution in [0.1, 0.15) is 19.8 Å². The number of piperidine rings is 1. The van der Waals surface area contributed by atoms with Gasteiger partial charge in [-0.25, -0.2) is 0 Å². The molecule has 0 aromatic carbocycles. The molecule has 0 bridgehead atoms. The van der Waals surface area contributed by atoms with Gasteiger partial charge in [-0.05, 0) is 31.8 Å². The van der Waals surface area contributed by atoms with Gasteiger partial charge in [-0.2, -0.15) is 13.2 Å². The van der Waals surface area contributed by atoms with E-state index in [-0.39, 0.29) is 11.8 Å². The second-order valence-electron chi connectivity index (χ2n) is 5.11. The molecule has 0 aromatic rings. The Bertz CT molecular complexity index is 352. The number of hydrogen-bond donors (Lipinski definition) is 2. The molecule has 1 saturated heterocycles. The highest BCUT2D eigenvalue weighted by Crippen LogP contribution is 2.28. The van der Waals surface area contributed by atoms with Crippen molar-refractivity contribution in [3.8, 4) is 0 Å². The number of alkyl halides is 3. The maximum absolute atomic E-state index is 12.6. The minimum atomic E-state index is -4.72. The highest BCUT2D eigenvalue weighted by molar-refractivity contribution is 5.72. The van der Waals surface area contributed by atoms with Gasteiger partial charge in [0.2, 0.25) is 5.91 Å². The zero-order valence-electron chi connectivity index (χ0n) is 11.2. The summed E-state index contributed by atoms with van der Waals surface area (Å²) in [5.74, 6) is -4.06. The molecule has 1 aliphatic heterocycles. The molecule has 20 heavy (non-hydrogen) atoms. The van der Waals surface area contributed by atoms with E-state index in [0.29, 0.717) is 32.5 Å². The van der Waals surface area contributed by atoms with Crippen molar-refractivity contribution >= 4 is 11.9 Å². The summed E-state index contributed by atoms with van der Waals surface area (Å²) < 4.78 is 37.7. The van der Waals surface area contributed by atoms with Gasteiger partial charge in [0.1, 0.15) is 0 Å². The summed E-state index contributed by atoms with van der Waals surface area (Å²) in [5.41, 5.74) is 0. The number of nitrogens with zero attached hydrogens (tertiary/aromatic N) is 1. The number of carboxylic acid groups (broad SMARTS) is 1. The summed E-state index contributed by atoms with van der Waals surface area (Å²) in [5, 5.41) is 11.3. The van der Waals surface area contributed by atoms with Crippen LogP contribution in [0, 0.1) is 11.8 Å². The minimum Gasteiger partial charge on any atom is -0.481 e. The first-order valence-corrected chi connectivity index (χ1v) is 6.46. The number of carbonyl (C=O) groups is 2. The molecule has 0 aromatic heterocycles. The van der Waals surface area contributed by atoms with Crippen molar-refractivity contribution < 1.29 is 27.9 Å². The van der Waals surface area contributed by atoms with Crippen LogP contribution in [0.2, 0.25) is 0 Å². The standard InChI is InChI=1S/C12H19F3N2O3/c1-8(18)16-6-9-2-4-17(5-3-9)7-10(11(19)20)12(13,14)15/h9-10H,2-7H2,1H3,(H,16,18)(H,19,20). The molecule has 0 spiro atoms. The molecule has 0 aliphatic carbocycles. The molecule has 0 radical (unpaired) electrons. The van der Waals surface area contributed by atoms with Crippen molar-refractivity contribution in [2.45, 2.75) is 25.9 Å². The second kappa shape index (κ2) is 6.92. The number of rotatable bonds is 5. The quantitative estimate of drug-likeness (QED) is 0.797. The first kappa shape index (κ1) is 16.7. The van der Waals surface area contributed by atoms with Gasteiger partial charge in [0.15, 0.2) is 5.92 Å². The van der Waals surface area contributed by atoms with Crippen molar-refractivity contribution in [2.24, 2.45) is 11.8 Å². The van der Waals surface area contributed by atoms with E-state index in [4.69, 9.17) is 5.11 Å². The third kappa shape index (κ3) is 5.36. The largest absolute Gasteiger partial charge is 0.481 e. The minimum absolute atomic E-state index is 0.129. The van der Waals surface area contributed by atoms with Crippen LogP contribution in [-0.2, 0) is 9.59 Å². The Balaban J connectivity index is 2.41. The Morgan fingerprint density at radius 2 is 1.90 bits per heavy atom. The van der Waals surface area contributed by atoms with E-state index >= 15 is 0 Å². The molecule has 116 valence electrons. The molecule has 0 saturated carbocycles. The van der Waals surface area contributed by atoms with Crippen molar-refractivity contribution in [1.29, 1.82) is 0 Å². The van der Waals surface area contributed by atoms with Crippen LogP contribution in [0.4, 0.5) is 13.2 Å². The number of halogens is 3. The summed E-state index contributed by atoms with van der Waals surface area (Å²) in [6, 6.07) is 0. The lowest BCUT2D eigenvalue weighted by Gasteiger charge is -2.33. The van der Waals surface area contributed by atoms with Gasteiger partial charge >= 0.3 is 12.1 Å². The lowest BCUT2D eigenvalue weighted by molar-refractivity contribution is -0.197. The zero-order chi connectivity index (χ0) is 15.3. The molecular formula is C12H19F3N2O3. The number of aliphatic carboxylic acids is 1. The third-order valence-electron chi connectivity index (χ3n) is 3.48. The third-order valence-corrected chi connectivity index (χ3v) is 3.48. The maximum atomic E-state index is 12.6. The van der Waals surface area contributed by atoms with Crippen LogP contribution in [0.15, 0.2) is 0 Å². The van der Waals surface area contributed by atoms with E-state index in [9.17, 15) is 22.8 Å². The van der Waals surface area contributed by atoms with Crippen LogP contribution in [0.3, 0.4) is 0 Å². The van der Waals surface area contributed by atoms with E-state index in [0.717, 1.165) is 0 Å². The van der Waals surface area contributed by atoms with Crippen molar-refractivity contribution in [3.05, 3.63) is 0 Å². The molecule has 1 heterocycles. The molecule has 1 amide bonds.